The minimum Gasteiger partial charge on any atom is -0.457 e. The van der Waals surface area contributed by atoms with Gasteiger partial charge in [-0.15, -0.1) is 0 Å². The van der Waals surface area contributed by atoms with Crippen LogP contribution in [0.15, 0.2) is 11.6 Å². The Morgan fingerprint density at radius 1 is 1.17 bits per heavy atom. The number of Topliss-reactive ketones (excluding diaryl/α,β-unsaturated/α-hetero) is 1. The Balaban J connectivity index is 1.32. The average Bonchev–Trinajstić information content (AvgIpc) is 3.08. The molecular weight excluding hydrogens is 446 g/mol. The maximum atomic E-state index is 13.4. The second kappa shape index (κ2) is 8.77. The van der Waals surface area contributed by atoms with Crippen molar-refractivity contribution >= 4 is 17.5 Å². The van der Waals surface area contributed by atoms with E-state index in [1.54, 1.807) is 0 Å². The largest absolute Gasteiger partial charge is 0.457 e. The maximum absolute atomic E-state index is 13.4. The highest BCUT2D eigenvalue weighted by atomic mass is 16.5. The molecule has 0 aromatic heterocycles. The number of ether oxygens (including phenoxy) is 1. The molecule has 0 aromatic rings. The zero-order valence-corrected chi connectivity index (χ0v) is 21.4. The van der Waals surface area contributed by atoms with Crippen molar-refractivity contribution in [3.63, 3.8) is 0 Å². The van der Waals surface area contributed by atoms with Gasteiger partial charge in [-0.2, -0.15) is 0 Å². The van der Waals surface area contributed by atoms with Gasteiger partial charge in [0.15, 0.2) is 12.4 Å². The first-order chi connectivity index (χ1) is 16.5. The number of hydrogen-bond donors (Lipinski definition) is 2. The lowest BCUT2D eigenvalue weighted by molar-refractivity contribution is -0.185. The second-order valence-electron chi connectivity index (χ2n) is 12.6. The number of aliphatic hydroxyl groups is 2. The van der Waals surface area contributed by atoms with Crippen molar-refractivity contribution in [2.75, 3.05) is 26.7 Å². The van der Waals surface area contributed by atoms with Gasteiger partial charge in [0, 0.05) is 18.4 Å². The Bertz CT molecular complexity index is 946. The highest BCUT2D eigenvalue weighted by Crippen LogP contribution is 2.67. The molecule has 7 nitrogen and oxygen atoms in total. The summed E-state index contributed by atoms with van der Waals surface area (Å²) in [6.07, 6.45) is 7.24. The van der Waals surface area contributed by atoms with Gasteiger partial charge in [-0.05, 0) is 94.2 Å². The number of piperidine rings is 1. The van der Waals surface area contributed by atoms with Crippen LogP contribution in [-0.2, 0) is 19.1 Å². The summed E-state index contributed by atoms with van der Waals surface area (Å²) in [5.74, 6) is -0.494. The van der Waals surface area contributed by atoms with E-state index in [1.165, 1.54) is 5.57 Å². The Labute approximate surface area is 208 Å². The minimum atomic E-state index is -1.60. The van der Waals surface area contributed by atoms with E-state index >= 15 is 0 Å². The number of rotatable bonds is 4. The van der Waals surface area contributed by atoms with Gasteiger partial charge < -0.3 is 19.8 Å². The van der Waals surface area contributed by atoms with Crippen molar-refractivity contribution in [2.24, 2.45) is 34.5 Å². The number of carbonyl (C=O) groups is 3. The summed E-state index contributed by atoms with van der Waals surface area (Å²) in [4.78, 5) is 40.2. The number of aliphatic hydroxyl groups excluding tert-OH is 1. The van der Waals surface area contributed by atoms with Crippen LogP contribution in [0.4, 0.5) is 0 Å². The molecule has 1 saturated heterocycles. The van der Waals surface area contributed by atoms with Gasteiger partial charge in [0.1, 0.15) is 5.60 Å². The number of allylic oxidation sites excluding steroid dienone is 1. The van der Waals surface area contributed by atoms with Crippen LogP contribution >= 0.6 is 0 Å². The molecule has 1 heterocycles. The number of esters is 1. The third-order valence-electron chi connectivity index (χ3n) is 10.8. The zero-order valence-electron chi connectivity index (χ0n) is 21.4. The van der Waals surface area contributed by atoms with Crippen LogP contribution in [0.1, 0.15) is 71.6 Å². The minimum absolute atomic E-state index is 0.0345. The fourth-order valence-electron chi connectivity index (χ4n) is 8.88. The van der Waals surface area contributed by atoms with Gasteiger partial charge in [0.2, 0.25) is 5.78 Å². The first-order valence-electron chi connectivity index (χ1n) is 13.5. The number of fused-ring (bicyclic) bond motifs is 5. The maximum Gasteiger partial charge on any atom is 0.310 e. The van der Waals surface area contributed by atoms with Crippen molar-refractivity contribution in [1.82, 2.24) is 4.90 Å². The predicted octanol–water partition coefficient (Wildman–Crippen LogP) is 2.67. The molecule has 35 heavy (non-hydrogen) atoms. The van der Waals surface area contributed by atoms with Crippen LogP contribution in [0.25, 0.3) is 0 Å². The lowest BCUT2D eigenvalue weighted by Gasteiger charge is -2.60. The summed E-state index contributed by atoms with van der Waals surface area (Å²) in [6, 6.07) is 0. The van der Waals surface area contributed by atoms with E-state index in [2.05, 4.69) is 11.8 Å². The Morgan fingerprint density at radius 3 is 2.69 bits per heavy atom. The fourth-order valence-corrected chi connectivity index (χ4v) is 8.88. The lowest BCUT2D eigenvalue weighted by Crippen LogP contribution is -2.62. The zero-order chi connectivity index (χ0) is 25.2. The molecule has 5 aliphatic rings. The lowest BCUT2D eigenvalue weighted by atomic mass is 9.45. The molecule has 0 amide bonds. The summed E-state index contributed by atoms with van der Waals surface area (Å²) >= 11 is 0. The summed E-state index contributed by atoms with van der Waals surface area (Å²) in [5.41, 5.74) is -1.40. The smallest absolute Gasteiger partial charge is 0.310 e. The van der Waals surface area contributed by atoms with E-state index < -0.39 is 29.5 Å². The standard InChI is InChI=1S/C28H41NO6/c1-26-10-8-19(30)13-18(26)6-7-20-21-9-11-28(34,27(21,2)14-22(31)24(20)26)23(32)16-35-25(33)17-5-4-12-29(3)15-17/h13,17,20-22,24,31,34H,4-12,14-16H2,1-3H3/t17-,20+,21+,22-,24-,26+,27+,28+/m0/s1. The summed E-state index contributed by atoms with van der Waals surface area (Å²) in [6.45, 7) is 5.33. The van der Waals surface area contributed by atoms with E-state index in [0.717, 1.165) is 45.1 Å². The Hall–Kier alpha value is -1.57. The van der Waals surface area contributed by atoms with E-state index in [0.29, 0.717) is 25.8 Å². The van der Waals surface area contributed by atoms with E-state index in [4.69, 9.17) is 4.74 Å². The topological polar surface area (TPSA) is 104 Å². The van der Waals surface area contributed by atoms with Gasteiger partial charge in [-0.1, -0.05) is 19.4 Å². The van der Waals surface area contributed by atoms with E-state index in [-0.39, 0.29) is 40.8 Å². The highest BCUT2D eigenvalue weighted by molar-refractivity contribution is 5.92. The quantitative estimate of drug-likeness (QED) is 0.588. The Kier molecular flexibility index (Phi) is 6.29. The number of ketones is 2. The molecule has 0 radical (unpaired) electrons. The number of nitrogens with zero attached hydrogens (tertiary/aromatic N) is 1. The van der Waals surface area contributed by atoms with Crippen molar-refractivity contribution < 1.29 is 29.3 Å². The molecule has 1 aliphatic heterocycles. The first-order valence-corrected chi connectivity index (χ1v) is 13.5. The number of likely N-dealkylation sites (tertiary alicyclic amines) is 1. The van der Waals surface area contributed by atoms with Gasteiger partial charge in [-0.25, -0.2) is 0 Å². The van der Waals surface area contributed by atoms with Crippen LogP contribution < -0.4 is 0 Å². The van der Waals surface area contributed by atoms with Crippen molar-refractivity contribution in [1.29, 1.82) is 0 Å². The van der Waals surface area contributed by atoms with Crippen LogP contribution in [0.2, 0.25) is 0 Å². The third kappa shape index (κ3) is 3.84. The summed E-state index contributed by atoms with van der Waals surface area (Å²) < 4.78 is 5.45. The molecule has 4 fully saturated rings. The molecule has 8 atom stereocenters. The molecule has 0 spiro atoms. The highest BCUT2D eigenvalue weighted by Gasteiger charge is 2.68. The molecule has 0 unspecified atom stereocenters. The van der Waals surface area contributed by atoms with Crippen LogP contribution in [0.3, 0.4) is 0 Å². The SMILES string of the molecule is CN1CCC[C@H](C(=O)OCC(=O)[C@]2(O)CC[C@@H]3[C@H]4CCC5=CC(=O)CC[C@@]5(C)[C@@H]4[C@@H](O)C[C@]32C)C1. The average molecular weight is 488 g/mol. The molecule has 3 saturated carbocycles. The summed E-state index contributed by atoms with van der Waals surface area (Å²) in [7, 11) is 1.98. The number of hydrogen-bond acceptors (Lipinski definition) is 7. The first kappa shape index (κ1) is 25.1. The fraction of sp³-hybridized carbons (Fsp3) is 0.821. The summed E-state index contributed by atoms with van der Waals surface area (Å²) in [5, 5.41) is 23.3. The van der Waals surface area contributed by atoms with Gasteiger partial charge in [-0.3, -0.25) is 14.4 Å². The van der Waals surface area contributed by atoms with E-state index in [1.807, 2.05) is 20.0 Å². The molecule has 2 N–H and O–H groups in total. The molecular formula is C28H41NO6. The van der Waals surface area contributed by atoms with Gasteiger partial charge in [0.05, 0.1) is 12.0 Å². The second-order valence-corrected chi connectivity index (χ2v) is 12.6. The third-order valence-corrected chi connectivity index (χ3v) is 10.8. The molecule has 0 bridgehead atoms. The molecule has 4 aliphatic carbocycles. The molecule has 194 valence electrons. The molecule has 0 aromatic carbocycles. The molecule has 5 rings (SSSR count). The van der Waals surface area contributed by atoms with Crippen LogP contribution in [-0.4, -0.2) is 71.1 Å². The van der Waals surface area contributed by atoms with Gasteiger partial charge >= 0.3 is 5.97 Å². The monoisotopic (exact) mass is 487 g/mol. The van der Waals surface area contributed by atoms with Crippen molar-refractivity contribution in [2.45, 2.75) is 83.3 Å². The van der Waals surface area contributed by atoms with Crippen LogP contribution in [0.5, 0.6) is 0 Å². The van der Waals surface area contributed by atoms with E-state index in [9.17, 15) is 24.6 Å². The normalized spacial score (nSPS) is 45.7. The van der Waals surface area contributed by atoms with Crippen LogP contribution in [0, 0.1) is 34.5 Å². The number of carbonyl (C=O) groups excluding carboxylic acids is 3. The molecule has 7 heteroatoms. The van der Waals surface area contributed by atoms with Crippen molar-refractivity contribution in [3.05, 3.63) is 11.6 Å². The van der Waals surface area contributed by atoms with Gasteiger partial charge in [0.25, 0.3) is 0 Å². The van der Waals surface area contributed by atoms with Crippen molar-refractivity contribution in [3.8, 4) is 0 Å². The Morgan fingerprint density at radius 2 is 1.94 bits per heavy atom. The predicted molar refractivity (Wildman–Crippen MR) is 129 cm³/mol.